The van der Waals surface area contributed by atoms with E-state index in [-0.39, 0.29) is 11.7 Å². The molecular weight excluding hydrogens is 331 g/mol. The van der Waals surface area contributed by atoms with Crippen molar-refractivity contribution in [3.8, 4) is 11.4 Å². The van der Waals surface area contributed by atoms with Gasteiger partial charge in [0.25, 0.3) is 5.91 Å². The van der Waals surface area contributed by atoms with Gasteiger partial charge in [-0.05, 0) is 29.8 Å². The van der Waals surface area contributed by atoms with Gasteiger partial charge in [0.1, 0.15) is 17.3 Å². The van der Waals surface area contributed by atoms with E-state index in [1.807, 2.05) is 39.0 Å². The fourth-order valence-corrected chi connectivity index (χ4v) is 2.41. The second-order valence-corrected chi connectivity index (χ2v) is 7.08. The van der Waals surface area contributed by atoms with E-state index in [2.05, 4.69) is 15.4 Å². The molecule has 0 fully saturated rings. The Morgan fingerprint density at radius 3 is 2.46 bits per heavy atom. The third-order valence-electron chi connectivity index (χ3n) is 3.86. The minimum Gasteiger partial charge on any atom is -0.366 e. The molecule has 0 amide bonds. The second-order valence-electron chi connectivity index (χ2n) is 7.08. The van der Waals surface area contributed by atoms with Crippen LogP contribution in [0.5, 0.6) is 0 Å². The molecule has 26 heavy (non-hydrogen) atoms. The Bertz CT molecular complexity index is 896. The van der Waals surface area contributed by atoms with E-state index in [1.54, 1.807) is 24.4 Å². The zero-order chi connectivity index (χ0) is 18.7. The van der Waals surface area contributed by atoms with Gasteiger partial charge >= 0.3 is 0 Å². The summed E-state index contributed by atoms with van der Waals surface area (Å²) in [5.74, 6) is 0.176. The first kappa shape index (κ1) is 17.8. The van der Waals surface area contributed by atoms with Crippen LogP contribution < -0.4 is 5.32 Å². The van der Waals surface area contributed by atoms with E-state index in [0.717, 1.165) is 5.56 Å². The van der Waals surface area contributed by atoms with Crippen molar-refractivity contribution >= 4 is 11.7 Å². The van der Waals surface area contributed by atoms with Gasteiger partial charge < -0.3 is 5.32 Å². The highest BCUT2D eigenvalue weighted by Gasteiger charge is 2.27. The number of carbonyl (C=O) groups excluding carboxylic acids is 1. The molecule has 0 unspecified atom stereocenters. The summed E-state index contributed by atoms with van der Waals surface area (Å²) >= 11 is 0. The summed E-state index contributed by atoms with van der Waals surface area (Å²) in [4.78, 5) is 17.1. The highest BCUT2D eigenvalue weighted by molar-refractivity contribution is 5.87. The first-order valence-corrected chi connectivity index (χ1v) is 8.39. The van der Waals surface area contributed by atoms with E-state index < -0.39 is 5.41 Å². The van der Waals surface area contributed by atoms with Crippen LogP contribution in [0.15, 0.2) is 54.7 Å². The quantitative estimate of drug-likeness (QED) is 0.757. The van der Waals surface area contributed by atoms with Crippen LogP contribution in [-0.4, -0.2) is 20.7 Å². The topological polar surface area (TPSA) is 59.8 Å². The van der Waals surface area contributed by atoms with Crippen LogP contribution in [0.25, 0.3) is 11.4 Å². The minimum absolute atomic E-state index is 0.124. The molecule has 1 N–H and O–H groups in total. The van der Waals surface area contributed by atoms with Gasteiger partial charge in [-0.1, -0.05) is 39.0 Å². The lowest BCUT2D eigenvalue weighted by Crippen LogP contribution is -2.28. The lowest BCUT2D eigenvalue weighted by atomic mass is 9.96. The Morgan fingerprint density at radius 1 is 1.12 bits per heavy atom. The molecule has 0 atom stereocenters. The van der Waals surface area contributed by atoms with Crippen LogP contribution in [0.4, 0.5) is 10.2 Å². The number of benzene rings is 1. The SMILES string of the molecule is CC(C)(C)C(=O)n1nc(-c2ccccn2)cc1NCc1ccc(F)cc1. The van der Waals surface area contributed by atoms with Crippen molar-refractivity contribution in [3.05, 3.63) is 66.1 Å². The molecule has 0 aliphatic rings. The average molecular weight is 352 g/mol. The molecule has 2 heterocycles. The van der Waals surface area contributed by atoms with Crippen LogP contribution in [0.3, 0.4) is 0 Å². The summed E-state index contributed by atoms with van der Waals surface area (Å²) in [5, 5.41) is 7.68. The Hall–Kier alpha value is -3.02. The molecule has 0 saturated heterocycles. The summed E-state index contributed by atoms with van der Waals surface area (Å²) in [5.41, 5.74) is 1.63. The molecule has 0 radical (unpaired) electrons. The Kier molecular flexibility index (Phi) is 4.84. The third kappa shape index (κ3) is 3.96. The van der Waals surface area contributed by atoms with Gasteiger partial charge in [-0.15, -0.1) is 0 Å². The Balaban J connectivity index is 1.92. The molecule has 0 spiro atoms. The number of hydrogen-bond donors (Lipinski definition) is 1. The maximum atomic E-state index is 13.1. The van der Waals surface area contributed by atoms with Gasteiger partial charge in [-0.25, -0.2) is 4.39 Å². The number of rotatable bonds is 4. The Morgan fingerprint density at radius 2 is 1.85 bits per heavy atom. The van der Waals surface area contributed by atoms with E-state index in [1.165, 1.54) is 16.8 Å². The number of carbonyl (C=O) groups is 1. The van der Waals surface area contributed by atoms with Crippen molar-refractivity contribution in [1.82, 2.24) is 14.8 Å². The van der Waals surface area contributed by atoms with Gasteiger partial charge in [0.05, 0.1) is 5.69 Å². The van der Waals surface area contributed by atoms with Gasteiger partial charge in [0.15, 0.2) is 0 Å². The predicted octanol–water partition coefficient (Wildman–Crippen LogP) is 4.38. The van der Waals surface area contributed by atoms with Crippen molar-refractivity contribution in [2.45, 2.75) is 27.3 Å². The van der Waals surface area contributed by atoms with E-state index >= 15 is 0 Å². The fraction of sp³-hybridized carbons (Fsp3) is 0.250. The maximum Gasteiger partial charge on any atom is 0.254 e. The molecule has 0 aliphatic carbocycles. The Labute approximate surface area is 151 Å². The monoisotopic (exact) mass is 352 g/mol. The van der Waals surface area contributed by atoms with Crippen LogP contribution >= 0.6 is 0 Å². The van der Waals surface area contributed by atoms with Crippen molar-refractivity contribution in [2.24, 2.45) is 5.41 Å². The molecule has 2 aromatic heterocycles. The third-order valence-corrected chi connectivity index (χ3v) is 3.86. The number of halogens is 1. The standard InChI is InChI=1S/C20H21FN4O/c1-20(2,3)19(26)25-18(23-13-14-7-9-15(21)10-8-14)12-17(24-25)16-6-4-5-11-22-16/h4-12,23H,13H2,1-3H3. The maximum absolute atomic E-state index is 13.1. The largest absolute Gasteiger partial charge is 0.366 e. The van der Waals surface area contributed by atoms with Crippen LogP contribution in [0, 0.1) is 11.2 Å². The molecule has 6 heteroatoms. The van der Waals surface area contributed by atoms with Crippen molar-refractivity contribution in [3.63, 3.8) is 0 Å². The zero-order valence-electron chi connectivity index (χ0n) is 15.0. The zero-order valence-corrected chi connectivity index (χ0v) is 15.0. The molecule has 1 aromatic carbocycles. The summed E-state index contributed by atoms with van der Waals surface area (Å²) in [6.07, 6.45) is 1.69. The molecule has 0 aliphatic heterocycles. The summed E-state index contributed by atoms with van der Waals surface area (Å²) in [6, 6.07) is 13.6. The van der Waals surface area contributed by atoms with E-state index in [9.17, 15) is 9.18 Å². The molecular formula is C20H21FN4O. The van der Waals surface area contributed by atoms with Crippen LogP contribution in [-0.2, 0) is 6.54 Å². The molecule has 3 rings (SSSR count). The number of nitrogens with zero attached hydrogens (tertiary/aromatic N) is 3. The van der Waals surface area contributed by atoms with Crippen molar-refractivity contribution in [1.29, 1.82) is 0 Å². The van der Waals surface area contributed by atoms with Gasteiger partial charge in [-0.3, -0.25) is 9.78 Å². The number of nitrogens with one attached hydrogen (secondary N) is 1. The van der Waals surface area contributed by atoms with Gasteiger partial charge in [0, 0.05) is 24.2 Å². The summed E-state index contributed by atoms with van der Waals surface area (Å²) in [7, 11) is 0. The number of pyridine rings is 1. The first-order chi connectivity index (χ1) is 12.3. The predicted molar refractivity (Wildman–Crippen MR) is 99.3 cm³/mol. The summed E-state index contributed by atoms with van der Waals surface area (Å²) < 4.78 is 14.4. The highest BCUT2D eigenvalue weighted by atomic mass is 19.1. The normalized spacial score (nSPS) is 11.4. The molecule has 0 saturated carbocycles. The van der Waals surface area contributed by atoms with E-state index in [0.29, 0.717) is 23.8 Å². The second kappa shape index (κ2) is 7.07. The first-order valence-electron chi connectivity index (χ1n) is 8.39. The lowest BCUT2D eigenvalue weighted by Gasteiger charge is -2.18. The fourth-order valence-electron chi connectivity index (χ4n) is 2.41. The van der Waals surface area contributed by atoms with Gasteiger partial charge in [0.2, 0.25) is 0 Å². The molecule has 3 aromatic rings. The average Bonchev–Trinajstić information content (AvgIpc) is 3.04. The number of hydrogen-bond acceptors (Lipinski definition) is 4. The molecule has 134 valence electrons. The number of anilines is 1. The highest BCUT2D eigenvalue weighted by Crippen LogP contribution is 2.25. The smallest absolute Gasteiger partial charge is 0.254 e. The molecule has 5 nitrogen and oxygen atoms in total. The number of aromatic nitrogens is 3. The van der Waals surface area contributed by atoms with Crippen molar-refractivity contribution in [2.75, 3.05) is 5.32 Å². The van der Waals surface area contributed by atoms with Crippen LogP contribution in [0.2, 0.25) is 0 Å². The van der Waals surface area contributed by atoms with E-state index in [4.69, 9.17) is 0 Å². The molecule has 0 bridgehead atoms. The van der Waals surface area contributed by atoms with Crippen molar-refractivity contribution < 1.29 is 9.18 Å². The van der Waals surface area contributed by atoms with Crippen LogP contribution in [0.1, 0.15) is 31.1 Å². The summed E-state index contributed by atoms with van der Waals surface area (Å²) in [6.45, 7) is 5.99. The minimum atomic E-state index is -0.584. The lowest BCUT2D eigenvalue weighted by molar-refractivity contribution is 0.0752. The van der Waals surface area contributed by atoms with Gasteiger partial charge in [-0.2, -0.15) is 9.78 Å².